The van der Waals surface area contributed by atoms with Crippen LogP contribution in [0.4, 0.5) is 0 Å². The van der Waals surface area contributed by atoms with Gasteiger partial charge in [-0.25, -0.2) is 4.57 Å². The standard InChI is InChI=1S/C29H56NO8P/c1-6-8-10-12-14-16-18-20-22-29(32)38-27(26-37-39(33,34)36-24-23-30(3,4)5)25-35-28(31)21-19-17-15-13-11-9-7-2/h6,8,27H,7,9-26H2,1-5H3/p+1/b8-6+/t27-/m0/s1. The van der Waals surface area contributed by atoms with E-state index in [1.54, 1.807) is 0 Å². The van der Waals surface area contributed by atoms with Crippen molar-refractivity contribution in [1.82, 2.24) is 0 Å². The molecule has 0 fully saturated rings. The molecule has 0 aromatic rings. The van der Waals surface area contributed by atoms with Gasteiger partial charge in [-0.3, -0.25) is 18.6 Å². The third-order valence-electron chi connectivity index (χ3n) is 6.14. The molecule has 0 saturated heterocycles. The number of phosphoric ester groups is 1. The van der Waals surface area contributed by atoms with Gasteiger partial charge in [-0.2, -0.15) is 0 Å². The molecule has 0 radical (unpaired) electrons. The summed E-state index contributed by atoms with van der Waals surface area (Å²) in [6.07, 6.45) is 17.4. The molecule has 0 bridgehead atoms. The number of rotatable bonds is 26. The maximum absolute atomic E-state index is 12.4. The monoisotopic (exact) mass is 578 g/mol. The van der Waals surface area contributed by atoms with Crippen molar-refractivity contribution >= 4 is 19.8 Å². The molecule has 0 aromatic heterocycles. The number of carbonyl (C=O) groups excluding carboxylic acids is 2. The molecule has 230 valence electrons. The Morgan fingerprint density at radius 1 is 0.821 bits per heavy atom. The van der Waals surface area contributed by atoms with E-state index >= 15 is 0 Å². The molecule has 0 aliphatic rings. The number of likely N-dealkylation sites (N-methyl/N-ethyl adjacent to an activating group) is 1. The number of nitrogens with zero attached hydrogens (tertiary/aromatic N) is 1. The minimum Gasteiger partial charge on any atom is -0.462 e. The van der Waals surface area contributed by atoms with Crippen LogP contribution in [0.3, 0.4) is 0 Å². The Balaban J connectivity index is 4.58. The fourth-order valence-electron chi connectivity index (χ4n) is 3.72. The van der Waals surface area contributed by atoms with Crippen LogP contribution < -0.4 is 0 Å². The van der Waals surface area contributed by atoms with Crippen LogP contribution in [0.25, 0.3) is 0 Å². The first-order valence-electron chi connectivity index (χ1n) is 14.9. The average Bonchev–Trinajstić information content (AvgIpc) is 2.85. The van der Waals surface area contributed by atoms with Gasteiger partial charge in [-0.15, -0.1) is 0 Å². The molecule has 0 amide bonds. The number of quaternary nitrogens is 1. The highest BCUT2D eigenvalue weighted by molar-refractivity contribution is 7.47. The quantitative estimate of drug-likeness (QED) is 0.0396. The zero-order valence-electron chi connectivity index (χ0n) is 25.4. The molecule has 1 N–H and O–H groups in total. The number of phosphoric acid groups is 1. The Hall–Kier alpha value is -1.25. The third kappa shape index (κ3) is 26.7. The average molecular weight is 579 g/mol. The van der Waals surface area contributed by atoms with Crippen molar-refractivity contribution in [2.24, 2.45) is 0 Å². The number of ether oxygens (including phenoxy) is 2. The van der Waals surface area contributed by atoms with Gasteiger partial charge < -0.3 is 18.9 Å². The minimum absolute atomic E-state index is 0.0316. The van der Waals surface area contributed by atoms with Gasteiger partial charge >= 0.3 is 19.8 Å². The van der Waals surface area contributed by atoms with Crippen LogP contribution >= 0.6 is 7.82 Å². The predicted octanol–water partition coefficient (Wildman–Crippen LogP) is 6.73. The Bertz CT molecular complexity index is 708. The molecule has 0 aromatic carbocycles. The van der Waals surface area contributed by atoms with Gasteiger partial charge in [-0.1, -0.05) is 76.9 Å². The second-order valence-electron chi connectivity index (χ2n) is 11.2. The topological polar surface area (TPSA) is 108 Å². The molecule has 0 saturated carbocycles. The lowest BCUT2D eigenvalue weighted by atomic mass is 10.1. The zero-order chi connectivity index (χ0) is 29.4. The van der Waals surface area contributed by atoms with Gasteiger partial charge in [0.1, 0.15) is 19.8 Å². The number of esters is 2. The SMILES string of the molecule is C/C=C/CCCCCCCC(=O)O[C@@H](COC(=O)CCCCCCCCC)COP(=O)(O)OCC[N+](C)(C)C. The van der Waals surface area contributed by atoms with Crippen molar-refractivity contribution in [2.45, 2.75) is 116 Å². The van der Waals surface area contributed by atoms with Gasteiger partial charge in [0.2, 0.25) is 0 Å². The van der Waals surface area contributed by atoms with E-state index in [1.165, 1.54) is 25.7 Å². The summed E-state index contributed by atoms with van der Waals surface area (Å²) in [6.45, 7) is 4.10. The number of hydrogen-bond acceptors (Lipinski definition) is 7. The van der Waals surface area contributed by atoms with Crippen molar-refractivity contribution in [1.29, 1.82) is 0 Å². The van der Waals surface area contributed by atoms with Gasteiger partial charge in [0.15, 0.2) is 6.10 Å². The van der Waals surface area contributed by atoms with Crippen LogP contribution in [0.1, 0.15) is 110 Å². The van der Waals surface area contributed by atoms with Gasteiger partial charge in [0.25, 0.3) is 0 Å². The largest absolute Gasteiger partial charge is 0.472 e. The number of allylic oxidation sites excluding steroid dienone is 2. The molecule has 1 unspecified atom stereocenters. The van der Waals surface area contributed by atoms with Crippen LogP contribution in [-0.4, -0.2) is 74.9 Å². The van der Waals surface area contributed by atoms with E-state index < -0.39 is 26.5 Å². The van der Waals surface area contributed by atoms with E-state index in [4.69, 9.17) is 18.5 Å². The lowest BCUT2D eigenvalue weighted by Gasteiger charge is -2.24. The van der Waals surface area contributed by atoms with Crippen molar-refractivity contribution in [3.05, 3.63) is 12.2 Å². The van der Waals surface area contributed by atoms with Crippen molar-refractivity contribution in [3.63, 3.8) is 0 Å². The Labute approximate surface area is 237 Å². The molecule has 0 aliphatic carbocycles. The molecule has 2 atom stereocenters. The zero-order valence-corrected chi connectivity index (χ0v) is 26.3. The highest BCUT2D eigenvalue weighted by atomic mass is 31.2. The fraction of sp³-hybridized carbons (Fsp3) is 0.862. The molecular weight excluding hydrogens is 521 g/mol. The predicted molar refractivity (Wildman–Crippen MR) is 155 cm³/mol. The molecule has 0 aliphatic heterocycles. The van der Waals surface area contributed by atoms with Crippen LogP contribution in [0.2, 0.25) is 0 Å². The normalized spacial score (nSPS) is 14.3. The number of carbonyl (C=O) groups is 2. The first-order chi connectivity index (χ1) is 18.5. The van der Waals surface area contributed by atoms with Gasteiger partial charge in [0.05, 0.1) is 27.7 Å². The highest BCUT2D eigenvalue weighted by Crippen LogP contribution is 2.43. The Morgan fingerprint density at radius 3 is 1.97 bits per heavy atom. The summed E-state index contributed by atoms with van der Waals surface area (Å²) in [5, 5.41) is 0. The summed E-state index contributed by atoms with van der Waals surface area (Å²) in [4.78, 5) is 34.6. The van der Waals surface area contributed by atoms with Crippen LogP contribution in [-0.2, 0) is 32.7 Å². The molecule has 10 heteroatoms. The molecule has 0 heterocycles. The van der Waals surface area contributed by atoms with Crippen LogP contribution in [0, 0.1) is 0 Å². The first-order valence-corrected chi connectivity index (χ1v) is 16.4. The number of unbranched alkanes of at least 4 members (excludes halogenated alkanes) is 11. The number of hydrogen-bond donors (Lipinski definition) is 1. The second-order valence-corrected chi connectivity index (χ2v) is 12.6. The van der Waals surface area contributed by atoms with Gasteiger partial charge in [0, 0.05) is 12.8 Å². The Kier molecular flexibility index (Phi) is 22.7. The second kappa shape index (κ2) is 23.5. The van der Waals surface area contributed by atoms with E-state index in [0.717, 1.165) is 51.4 Å². The van der Waals surface area contributed by atoms with E-state index in [2.05, 4.69) is 19.1 Å². The molecule has 9 nitrogen and oxygen atoms in total. The van der Waals surface area contributed by atoms with E-state index in [0.29, 0.717) is 17.4 Å². The van der Waals surface area contributed by atoms with E-state index in [-0.39, 0.29) is 32.0 Å². The highest BCUT2D eigenvalue weighted by Gasteiger charge is 2.27. The maximum atomic E-state index is 12.4. The fourth-order valence-corrected chi connectivity index (χ4v) is 4.46. The van der Waals surface area contributed by atoms with Crippen LogP contribution in [0.5, 0.6) is 0 Å². The maximum Gasteiger partial charge on any atom is 0.472 e. The first kappa shape index (κ1) is 37.8. The molecular formula is C29H57NO8P+. The lowest BCUT2D eigenvalue weighted by Crippen LogP contribution is -2.37. The summed E-state index contributed by atoms with van der Waals surface area (Å²) in [5.74, 6) is -0.826. The third-order valence-corrected chi connectivity index (χ3v) is 7.12. The van der Waals surface area contributed by atoms with E-state index in [9.17, 15) is 19.0 Å². The summed E-state index contributed by atoms with van der Waals surface area (Å²) >= 11 is 0. The summed E-state index contributed by atoms with van der Waals surface area (Å²) in [6, 6.07) is 0. The summed E-state index contributed by atoms with van der Waals surface area (Å²) in [7, 11) is 1.47. The summed E-state index contributed by atoms with van der Waals surface area (Å²) < 4.78 is 33.7. The van der Waals surface area contributed by atoms with E-state index in [1.807, 2.05) is 28.1 Å². The smallest absolute Gasteiger partial charge is 0.462 e. The molecule has 39 heavy (non-hydrogen) atoms. The minimum atomic E-state index is -4.35. The molecule has 0 spiro atoms. The lowest BCUT2D eigenvalue weighted by molar-refractivity contribution is -0.870. The van der Waals surface area contributed by atoms with Crippen LogP contribution in [0.15, 0.2) is 12.2 Å². The van der Waals surface area contributed by atoms with Crippen molar-refractivity contribution in [2.75, 3.05) is 47.5 Å². The van der Waals surface area contributed by atoms with Crippen molar-refractivity contribution < 1.29 is 42.1 Å². The van der Waals surface area contributed by atoms with Crippen molar-refractivity contribution in [3.8, 4) is 0 Å². The molecule has 0 rings (SSSR count). The van der Waals surface area contributed by atoms with Gasteiger partial charge in [-0.05, 0) is 32.6 Å². The summed E-state index contributed by atoms with van der Waals surface area (Å²) in [5.41, 5.74) is 0. The Morgan fingerprint density at radius 2 is 1.38 bits per heavy atom.